The summed E-state index contributed by atoms with van der Waals surface area (Å²) in [6.45, 7) is 0.155. The first-order chi connectivity index (χ1) is 9.56. The zero-order valence-corrected chi connectivity index (χ0v) is 10.8. The second-order valence-electron chi connectivity index (χ2n) is 4.14. The molecule has 0 radical (unpaired) electrons. The summed E-state index contributed by atoms with van der Waals surface area (Å²) in [5.74, 6) is -1.62. The third-order valence-electron chi connectivity index (χ3n) is 2.54. The molecule has 5 nitrogen and oxygen atoms in total. The fourth-order valence-electron chi connectivity index (χ4n) is 1.67. The number of nitrogens with zero attached hydrogens (tertiary/aromatic N) is 2. The molecule has 0 bridgehead atoms. The van der Waals surface area contributed by atoms with Crippen molar-refractivity contribution in [1.29, 1.82) is 0 Å². The summed E-state index contributed by atoms with van der Waals surface area (Å²) in [6.07, 6.45) is 5.61. The van der Waals surface area contributed by atoms with E-state index in [-0.39, 0.29) is 12.4 Å². The Morgan fingerprint density at radius 1 is 1.55 bits per heavy atom. The zero-order chi connectivity index (χ0) is 14.5. The summed E-state index contributed by atoms with van der Waals surface area (Å²) in [5.41, 5.74) is 1.17. The monoisotopic (exact) mass is 276 g/mol. The van der Waals surface area contributed by atoms with Crippen LogP contribution in [0.5, 0.6) is 5.75 Å². The lowest BCUT2D eigenvalue weighted by Crippen LogP contribution is -1.99. The second kappa shape index (κ2) is 6.01. The molecule has 1 aromatic heterocycles. The van der Waals surface area contributed by atoms with Gasteiger partial charge in [0.1, 0.15) is 6.61 Å². The van der Waals surface area contributed by atoms with Gasteiger partial charge in [0.25, 0.3) is 0 Å². The number of hydrogen-bond donors (Lipinski definition) is 1. The molecule has 0 atom stereocenters. The Morgan fingerprint density at radius 2 is 2.35 bits per heavy atom. The minimum absolute atomic E-state index is 0.0221. The van der Waals surface area contributed by atoms with Gasteiger partial charge in [-0.05, 0) is 12.1 Å². The number of aromatic nitrogens is 2. The number of rotatable bonds is 5. The summed E-state index contributed by atoms with van der Waals surface area (Å²) in [5, 5.41) is 12.6. The molecular weight excluding hydrogens is 263 g/mol. The average molecular weight is 276 g/mol. The Bertz CT molecular complexity index is 650. The highest BCUT2D eigenvalue weighted by atomic mass is 19.1. The molecule has 0 spiro atoms. The topological polar surface area (TPSA) is 64.3 Å². The van der Waals surface area contributed by atoms with Gasteiger partial charge in [0.15, 0.2) is 11.6 Å². The number of para-hydroxylation sites is 1. The Kier molecular flexibility index (Phi) is 4.14. The van der Waals surface area contributed by atoms with E-state index in [0.29, 0.717) is 5.56 Å². The molecule has 104 valence electrons. The number of benzene rings is 1. The number of aliphatic carboxylic acids is 1. The maximum Gasteiger partial charge on any atom is 0.328 e. The van der Waals surface area contributed by atoms with Crippen molar-refractivity contribution in [2.45, 2.75) is 6.61 Å². The van der Waals surface area contributed by atoms with Gasteiger partial charge in [-0.2, -0.15) is 5.10 Å². The number of carbonyl (C=O) groups is 1. The van der Waals surface area contributed by atoms with Crippen molar-refractivity contribution in [3.8, 4) is 5.75 Å². The highest BCUT2D eigenvalue weighted by molar-refractivity contribution is 5.85. The molecule has 0 unspecified atom stereocenters. The van der Waals surface area contributed by atoms with Crippen molar-refractivity contribution in [3.63, 3.8) is 0 Å². The highest BCUT2D eigenvalue weighted by Crippen LogP contribution is 2.25. The van der Waals surface area contributed by atoms with Crippen LogP contribution >= 0.6 is 0 Å². The smallest absolute Gasteiger partial charge is 0.328 e. The highest BCUT2D eigenvalue weighted by Gasteiger charge is 2.09. The van der Waals surface area contributed by atoms with Gasteiger partial charge in [-0.1, -0.05) is 12.1 Å². The van der Waals surface area contributed by atoms with E-state index in [9.17, 15) is 9.18 Å². The Morgan fingerprint density at radius 3 is 3.00 bits per heavy atom. The van der Waals surface area contributed by atoms with E-state index >= 15 is 0 Å². The van der Waals surface area contributed by atoms with Gasteiger partial charge >= 0.3 is 5.97 Å². The predicted molar refractivity (Wildman–Crippen MR) is 70.6 cm³/mol. The number of aryl methyl sites for hydroxylation is 1. The lowest BCUT2D eigenvalue weighted by atomic mass is 10.2. The van der Waals surface area contributed by atoms with Crippen LogP contribution in [-0.2, 0) is 18.4 Å². The molecule has 0 aliphatic heterocycles. The van der Waals surface area contributed by atoms with Crippen molar-refractivity contribution in [3.05, 3.63) is 53.6 Å². The van der Waals surface area contributed by atoms with Crippen LogP contribution < -0.4 is 4.74 Å². The van der Waals surface area contributed by atoms with Gasteiger partial charge in [0, 0.05) is 30.4 Å². The van der Waals surface area contributed by atoms with Crippen LogP contribution in [0.15, 0.2) is 36.7 Å². The lowest BCUT2D eigenvalue weighted by molar-refractivity contribution is -0.131. The molecule has 1 heterocycles. The van der Waals surface area contributed by atoms with E-state index in [1.807, 2.05) is 0 Å². The van der Waals surface area contributed by atoms with Crippen LogP contribution in [0.4, 0.5) is 4.39 Å². The minimum atomic E-state index is -1.10. The molecule has 1 N–H and O–H groups in total. The first kappa shape index (κ1) is 13.8. The quantitative estimate of drug-likeness (QED) is 0.851. The number of carboxylic acid groups (broad SMARTS) is 1. The van der Waals surface area contributed by atoms with E-state index in [2.05, 4.69) is 5.10 Å². The molecule has 0 saturated heterocycles. The standard InChI is InChI=1S/C14H13FN2O3/c1-17-8-10(7-16-17)9-20-14-11(5-6-13(18)19)3-2-4-12(14)15/h2-8H,9H2,1H3,(H,18,19)/b6-5+. The first-order valence-electron chi connectivity index (χ1n) is 5.86. The maximum atomic E-state index is 13.8. The van der Waals surface area contributed by atoms with Crippen molar-refractivity contribution < 1.29 is 19.0 Å². The first-order valence-corrected chi connectivity index (χ1v) is 5.86. The molecule has 0 aliphatic rings. The molecular formula is C14H13FN2O3. The number of ether oxygens (including phenoxy) is 1. The molecule has 20 heavy (non-hydrogen) atoms. The third-order valence-corrected chi connectivity index (χ3v) is 2.54. The number of halogens is 1. The van der Waals surface area contributed by atoms with Gasteiger partial charge in [-0.15, -0.1) is 0 Å². The lowest BCUT2D eigenvalue weighted by Gasteiger charge is -2.09. The zero-order valence-electron chi connectivity index (χ0n) is 10.8. The van der Waals surface area contributed by atoms with E-state index < -0.39 is 11.8 Å². The van der Waals surface area contributed by atoms with E-state index in [4.69, 9.17) is 9.84 Å². The molecule has 0 aliphatic carbocycles. The van der Waals surface area contributed by atoms with E-state index in [1.165, 1.54) is 18.2 Å². The Hall–Kier alpha value is -2.63. The van der Waals surface area contributed by atoms with Gasteiger partial charge in [0.2, 0.25) is 0 Å². The Balaban J connectivity index is 2.19. The summed E-state index contributed by atoms with van der Waals surface area (Å²) in [7, 11) is 1.77. The van der Waals surface area contributed by atoms with E-state index in [0.717, 1.165) is 11.6 Å². The second-order valence-corrected chi connectivity index (χ2v) is 4.14. The van der Waals surface area contributed by atoms with Crippen LogP contribution in [0.2, 0.25) is 0 Å². The minimum Gasteiger partial charge on any atom is -0.485 e. The summed E-state index contributed by atoms with van der Waals surface area (Å²) < 4.78 is 20.8. The van der Waals surface area contributed by atoms with Crippen molar-refractivity contribution in [2.75, 3.05) is 0 Å². The van der Waals surface area contributed by atoms with Gasteiger partial charge < -0.3 is 9.84 Å². The fraction of sp³-hybridized carbons (Fsp3) is 0.143. The van der Waals surface area contributed by atoms with Crippen LogP contribution in [0.25, 0.3) is 6.08 Å². The van der Waals surface area contributed by atoms with Crippen LogP contribution in [0.3, 0.4) is 0 Å². The van der Waals surface area contributed by atoms with Crippen LogP contribution in [0.1, 0.15) is 11.1 Å². The van der Waals surface area contributed by atoms with Crippen molar-refractivity contribution >= 4 is 12.0 Å². The van der Waals surface area contributed by atoms with Crippen LogP contribution in [0, 0.1) is 5.82 Å². The normalized spacial score (nSPS) is 10.9. The summed E-state index contributed by atoms with van der Waals surface area (Å²) in [6, 6.07) is 4.34. The van der Waals surface area contributed by atoms with Crippen molar-refractivity contribution in [2.24, 2.45) is 7.05 Å². The molecule has 0 fully saturated rings. The van der Waals surface area contributed by atoms with Crippen LogP contribution in [-0.4, -0.2) is 20.9 Å². The van der Waals surface area contributed by atoms with Gasteiger partial charge in [-0.25, -0.2) is 9.18 Å². The molecule has 0 saturated carbocycles. The third kappa shape index (κ3) is 3.44. The average Bonchev–Trinajstić information content (AvgIpc) is 2.81. The molecule has 2 rings (SSSR count). The molecule has 6 heteroatoms. The number of hydrogen-bond acceptors (Lipinski definition) is 3. The van der Waals surface area contributed by atoms with Gasteiger partial charge in [0.05, 0.1) is 6.20 Å². The fourth-order valence-corrected chi connectivity index (χ4v) is 1.67. The molecule has 0 amide bonds. The SMILES string of the molecule is Cn1cc(COc2c(F)cccc2/C=C/C(=O)O)cn1. The van der Waals surface area contributed by atoms with Gasteiger partial charge in [-0.3, -0.25) is 4.68 Å². The predicted octanol–water partition coefficient (Wildman–Crippen LogP) is 2.24. The maximum absolute atomic E-state index is 13.8. The Labute approximate surface area is 114 Å². The molecule has 1 aromatic carbocycles. The summed E-state index contributed by atoms with van der Waals surface area (Å²) >= 11 is 0. The molecule has 2 aromatic rings. The van der Waals surface area contributed by atoms with Crippen molar-refractivity contribution in [1.82, 2.24) is 9.78 Å². The largest absolute Gasteiger partial charge is 0.485 e. The summed E-state index contributed by atoms with van der Waals surface area (Å²) in [4.78, 5) is 10.5. The number of carboxylic acids is 1. The van der Waals surface area contributed by atoms with E-state index in [1.54, 1.807) is 30.2 Å².